The molecule has 4 nitrogen and oxygen atoms in total. The molecule has 0 aliphatic carbocycles. The van der Waals surface area contributed by atoms with E-state index in [-0.39, 0.29) is 0 Å². The molecule has 1 aromatic heterocycles. The summed E-state index contributed by atoms with van der Waals surface area (Å²) in [5.41, 5.74) is 1.11. The summed E-state index contributed by atoms with van der Waals surface area (Å²) in [5, 5.41) is 3.23. The lowest BCUT2D eigenvalue weighted by molar-refractivity contribution is 0.116. The van der Waals surface area contributed by atoms with Gasteiger partial charge in [-0.05, 0) is 13.0 Å². The molecule has 0 bridgehead atoms. The molecule has 4 heteroatoms. The van der Waals surface area contributed by atoms with E-state index in [1.165, 1.54) is 0 Å². The summed E-state index contributed by atoms with van der Waals surface area (Å²) < 4.78 is 5.37. The van der Waals surface area contributed by atoms with E-state index in [0.29, 0.717) is 6.61 Å². The van der Waals surface area contributed by atoms with Crippen LogP contribution < -0.4 is 5.32 Å². The average Bonchev–Trinajstić information content (AvgIpc) is 2.63. The first-order valence-corrected chi connectivity index (χ1v) is 5.18. The van der Waals surface area contributed by atoms with Crippen LogP contribution in [-0.4, -0.2) is 23.1 Å². The van der Waals surface area contributed by atoms with E-state index in [2.05, 4.69) is 29.1 Å². The van der Waals surface area contributed by atoms with Gasteiger partial charge >= 0.3 is 0 Å². The van der Waals surface area contributed by atoms with Crippen LogP contribution >= 0.6 is 0 Å². The third-order valence-electron chi connectivity index (χ3n) is 1.83. The van der Waals surface area contributed by atoms with Crippen LogP contribution in [0.25, 0.3) is 0 Å². The molecule has 80 valence electrons. The summed E-state index contributed by atoms with van der Waals surface area (Å²) in [6.07, 6.45) is 2.90. The lowest BCUT2D eigenvalue weighted by Crippen LogP contribution is -2.11. The molecule has 0 aliphatic heterocycles. The molecule has 0 aromatic carbocycles. The van der Waals surface area contributed by atoms with Gasteiger partial charge in [0.05, 0.1) is 0 Å². The van der Waals surface area contributed by atoms with E-state index in [0.717, 1.165) is 37.6 Å². The second-order valence-electron chi connectivity index (χ2n) is 3.19. The van der Waals surface area contributed by atoms with Crippen molar-refractivity contribution >= 4 is 0 Å². The van der Waals surface area contributed by atoms with E-state index in [4.69, 9.17) is 4.74 Å². The highest BCUT2D eigenvalue weighted by molar-refractivity contribution is 5.00. The molecule has 1 aromatic rings. The molecule has 0 amide bonds. The fraction of sp³-hybridized carbons (Fsp3) is 0.700. The van der Waals surface area contributed by atoms with E-state index in [9.17, 15) is 0 Å². The van der Waals surface area contributed by atoms with Crippen LogP contribution in [0.3, 0.4) is 0 Å². The van der Waals surface area contributed by atoms with Gasteiger partial charge in [0.1, 0.15) is 12.4 Å². The number of hydrogen-bond donors (Lipinski definition) is 2. The maximum Gasteiger partial charge on any atom is 0.132 e. The minimum Gasteiger partial charge on any atom is -0.374 e. The molecular formula is C10H19N3O. The normalized spacial score (nSPS) is 10.7. The van der Waals surface area contributed by atoms with E-state index >= 15 is 0 Å². The second kappa shape index (κ2) is 6.56. The number of nitrogens with zero attached hydrogens (tertiary/aromatic N) is 1. The fourth-order valence-corrected chi connectivity index (χ4v) is 1.14. The minimum absolute atomic E-state index is 0.583. The van der Waals surface area contributed by atoms with Crippen LogP contribution in [0.1, 0.15) is 31.8 Å². The molecule has 2 N–H and O–H groups in total. The van der Waals surface area contributed by atoms with Crippen molar-refractivity contribution < 1.29 is 4.74 Å². The predicted molar refractivity (Wildman–Crippen MR) is 55.9 cm³/mol. The van der Waals surface area contributed by atoms with Gasteiger partial charge in [-0.1, -0.05) is 13.8 Å². The van der Waals surface area contributed by atoms with Crippen LogP contribution in [-0.2, 0) is 17.9 Å². The smallest absolute Gasteiger partial charge is 0.132 e. The van der Waals surface area contributed by atoms with Gasteiger partial charge in [0.25, 0.3) is 0 Å². The lowest BCUT2D eigenvalue weighted by Gasteiger charge is -1.99. The van der Waals surface area contributed by atoms with Gasteiger partial charge in [-0.25, -0.2) is 4.98 Å². The SMILES string of the molecule is CCCOCc1ncc(CNCC)[nH]1. The van der Waals surface area contributed by atoms with Crippen LogP contribution in [0, 0.1) is 0 Å². The summed E-state index contributed by atoms with van der Waals surface area (Å²) in [4.78, 5) is 7.43. The molecule has 0 saturated carbocycles. The molecule has 0 atom stereocenters. The van der Waals surface area contributed by atoms with Crippen molar-refractivity contribution in [1.82, 2.24) is 15.3 Å². The van der Waals surface area contributed by atoms with Crippen LogP contribution in [0.4, 0.5) is 0 Å². The fourth-order valence-electron chi connectivity index (χ4n) is 1.14. The molecule has 14 heavy (non-hydrogen) atoms. The molecular weight excluding hydrogens is 178 g/mol. The minimum atomic E-state index is 0.583. The molecule has 1 rings (SSSR count). The first kappa shape index (κ1) is 11.2. The van der Waals surface area contributed by atoms with Gasteiger partial charge in [0, 0.05) is 25.0 Å². The van der Waals surface area contributed by atoms with Crippen molar-refractivity contribution in [2.75, 3.05) is 13.2 Å². The number of aromatic nitrogens is 2. The number of nitrogens with one attached hydrogen (secondary N) is 2. The van der Waals surface area contributed by atoms with Crippen molar-refractivity contribution in [3.8, 4) is 0 Å². The third kappa shape index (κ3) is 3.89. The van der Waals surface area contributed by atoms with Crippen molar-refractivity contribution in [3.63, 3.8) is 0 Å². The van der Waals surface area contributed by atoms with Crippen molar-refractivity contribution in [2.45, 2.75) is 33.4 Å². The van der Waals surface area contributed by atoms with Crippen molar-refractivity contribution in [2.24, 2.45) is 0 Å². The van der Waals surface area contributed by atoms with Gasteiger partial charge in [-0.3, -0.25) is 0 Å². The third-order valence-corrected chi connectivity index (χ3v) is 1.83. The highest BCUT2D eigenvalue weighted by Crippen LogP contribution is 1.98. The Kier molecular flexibility index (Phi) is 5.25. The summed E-state index contributed by atoms with van der Waals surface area (Å²) >= 11 is 0. The van der Waals surface area contributed by atoms with Crippen LogP contribution in [0.15, 0.2) is 6.20 Å². The number of ether oxygens (including phenoxy) is 1. The Morgan fingerprint density at radius 2 is 2.36 bits per heavy atom. The van der Waals surface area contributed by atoms with E-state index in [1.807, 2.05) is 6.20 Å². The highest BCUT2D eigenvalue weighted by atomic mass is 16.5. The largest absolute Gasteiger partial charge is 0.374 e. The Hall–Kier alpha value is -0.870. The topological polar surface area (TPSA) is 49.9 Å². The zero-order chi connectivity index (χ0) is 10.2. The number of rotatable bonds is 7. The van der Waals surface area contributed by atoms with Gasteiger partial charge in [0.2, 0.25) is 0 Å². The van der Waals surface area contributed by atoms with Gasteiger partial charge in [-0.15, -0.1) is 0 Å². The molecule has 0 fully saturated rings. The van der Waals surface area contributed by atoms with Gasteiger partial charge < -0.3 is 15.0 Å². The standard InChI is InChI=1S/C10H19N3O/c1-3-5-14-8-10-12-7-9(13-10)6-11-4-2/h7,11H,3-6,8H2,1-2H3,(H,12,13). The molecule has 0 saturated heterocycles. The first-order valence-electron chi connectivity index (χ1n) is 5.18. The molecule has 0 spiro atoms. The second-order valence-corrected chi connectivity index (χ2v) is 3.19. The Labute approximate surface area is 85.1 Å². The van der Waals surface area contributed by atoms with E-state index < -0.39 is 0 Å². The summed E-state index contributed by atoms with van der Waals surface area (Å²) in [7, 11) is 0. The number of hydrogen-bond acceptors (Lipinski definition) is 3. The first-order chi connectivity index (χ1) is 6.86. The van der Waals surface area contributed by atoms with Gasteiger partial charge in [0.15, 0.2) is 0 Å². The zero-order valence-electron chi connectivity index (χ0n) is 8.97. The van der Waals surface area contributed by atoms with Crippen molar-refractivity contribution in [3.05, 3.63) is 17.7 Å². The Morgan fingerprint density at radius 1 is 1.50 bits per heavy atom. The maximum absolute atomic E-state index is 5.37. The number of imidazole rings is 1. The predicted octanol–water partition coefficient (Wildman–Crippen LogP) is 1.45. The maximum atomic E-state index is 5.37. The Bertz CT molecular complexity index is 247. The Balaban J connectivity index is 2.27. The Morgan fingerprint density at radius 3 is 3.07 bits per heavy atom. The summed E-state index contributed by atoms with van der Waals surface area (Å²) in [6.45, 7) is 7.38. The molecule has 0 aliphatic rings. The zero-order valence-corrected chi connectivity index (χ0v) is 8.97. The number of aromatic amines is 1. The molecule has 0 unspecified atom stereocenters. The summed E-state index contributed by atoms with van der Waals surface area (Å²) in [5.74, 6) is 0.909. The average molecular weight is 197 g/mol. The van der Waals surface area contributed by atoms with Crippen LogP contribution in [0.2, 0.25) is 0 Å². The van der Waals surface area contributed by atoms with Crippen molar-refractivity contribution in [1.29, 1.82) is 0 Å². The lowest BCUT2D eigenvalue weighted by atomic mass is 10.5. The number of H-pyrrole nitrogens is 1. The summed E-state index contributed by atoms with van der Waals surface area (Å²) in [6, 6.07) is 0. The molecule has 0 radical (unpaired) electrons. The van der Waals surface area contributed by atoms with Crippen LogP contribution in [0.5, 0.6) is 0 Å². The molecule has 1 heterocycles. The van der Waals surface area contributed by atoms with Gasteiger partial charge in [-0.2, -0.15) is 0 Å². The van der Waals surface area contributed by atoms with E-state index in [1.54, 1.807) is 0 Å². The highest BCUT2D eigenvalue weighted by Gasteiger charge is 1.99. The monoisotopic (exact) mass is 197 g/mol. The quantitative estimate of drug-likeness (QED) is 0.650.